The molecule has 0 fully saturated rings. The molecule has 0 aliphatic heterocycles. The van der Waals surface area contributed by atoms with E-state index in [1.807, 2.05) is 42.6 Å². The minimum absolute atomic E-state index is 0.0609. The summed E-state index contributed by atoms with van der Waals surface area (Å²) >= 11 is 1.51. The zero-order chi connectivity index (χ0) is 20.2. The standard InChI is InChI=1S/C24H17N3OS/c1-16-11-20(9-10-26-16)27-24(28)18(14-25)12-21-13-19(15-29-21)23-8-4-6-17-5-2-3-7-22(17)23/h2-13,15H,1H3,(H,26,27,28)/b18-12+. The van der Waals surface area contributed by atoms with Crippen LogP contribution < -0.4 is 5.32 Å². The van der Waals surface area contributed by atoms with Crippen LogP contribution in [-0.4, -0.2) is 10.9 Å². The highest BCUT2D eigenvalue weighted by Gasteiger charge is 2.11. The Bertz CT molecular complexity index is 1280. The average molecular weight is 395 g/mol. The Balaban J connectivity index is 1.62. The Hall–Kier alpha value is -3.75. The molecule has 4 rings (SSSR count). The fourth-order valence-electron chi connectivity index (χ4n) is 3.16. The molecule has 0 aliphatic carbocycles. The van der Waals surface area contributed by atoms with Crippen molar-refractivity contribution in [3.05, 3.63) is 88.4 Å². The van der Waals surface area contributed by atoms with Crippen molar-refractivity contribution in [2.45, 2.75) is 6.92 Å². The molecule has 2 aromatic heterocycles. The number of rotatable bonds is 4. The molecule has 0 saturated heterocycles. The van der Waals surface area contributed by atoms with Crippen LogP contribution >= 0.6 is 11.3 Å². The summed E-state index contributed by atoms with van der Waals surface area (Å²) in [5, 5.41) is 16.6. The molecule has 0 unspecified atom stereocenters. The number of hydrogen-bond acceptors (Lipinski definition) is 4. The molecule has 1 amide bonds. The van der Waals surface area contributed by atoms with Gasteiger partial charge < -0.3 is 5.32 Å². The number of hydrogen-bond donors (Lipinski definition) is 1. The molecule has 29 heavy (non-hydrogen) atoms. The maximum Gasteiger partial charge on any atom is 0.266 e. The average Bonchev–Trinajstić information content (AvgIpc) is 3.20. The van der Waals surface area contributed by atoms with Crippen LogP contribution in [0.2, 0.25) is 0 Å². The number of nitrogens with zero attached hydrogens (tertiary/aromatic N) is 2. The number of carbonyl (C=O) groups is 1. The first kappa shape index (κ1) is 18.6. The van der Waals surface area contributed by atoms with E-state index in [1.165, 1.54) is 22.1 Å². The smallest absolute Gasteiger partial charge is 0.266 e. The second-order valence-corrected chi connectivity index (χ2v) is 7.52. The van der Waals surface area contributed by atoms with E-state index in [1.54, 1.807) is 24.4 Å². The zero-order valence-corrected chi connectivity index (χ0v) is 16.5. The Morgan fingerprint density at radius 2 is 1.97 bits per heavy atom. The molecule has 0 bridgehead atoms. The topological polar surface area (TPSA) is 65.8 Å². The molecule has 0 spiro atoms. The number of carbonyl (C=O) groups excluding carboxylic acids is 1. The van der Waals surface area contributed by atoms with Gasteiger partial charge in [-0.15, -0.1) is 11.3 Å². The van der Waals surface area contributed by atoms with Gasteiger partial charge in [0, 0.05) is 22.5 Å². The molecule has 2 heterocycles. The molecule has 140 valence electrons. The van der Waals surface area contributed by atoms with E-state index in [0.29, 0.717) is 5.69 Å². The van der Waals surface area contributed by atoms with Gasteiger partial charge in [-0.25, -0.2) is 0 Å². The van der Waals surface area contributed by atoms with Crippen molar-refractivity contribution in [1.29, 1.82) is 5.26 Å². The van der Waals surface area contributed by atoms with Gasteiger partial charge in [-0.2, -0.15) is 5.26 Å². The molecule has 2 aromatic carbocycles. The third-order valence-corrected chi connectivity index (χ3v) is 5.41. The SMILES string of the molecule is Cc1cc(NC(=O)/C(C#N)=C/c2cc(-c3cccc4ccccc34)cs2)ccn1. The Kier molecular flexibility index (Phi) is 5.19. The van der Waals surface area contributed by atoms with Crippen molar-refractivity contribution in [2.75, 3.05) is 5.32 Å². The second-order valence-electron chi connectivity index (χ2n) is 6.57. The van der Waals surface area contributed by atoms with E-state index >= 15 is 0 Å². The van der Waals surface area contributed by atoms with E-state index in [2.05, 4.69) is 34.6 Å². The van der Waals surface area contributed by atoms with Crippen molar-refractivity contribution >= 4 is 39.8 Å². The molecule has 0 atom stereocenters. The lowest BCUT2D eigenvalue weighted by atomic mass is 10.00. The maximum absolute atomic E-state index is 12.5. The summed E-state index contributed by atoms with van der Waals surface area (Å²) in [5.74, 6) is -0.432. The van der Waals surface area contributed by atoms with Gasteiger partial charge in [0.15, 0.2) is 0 Å². The summed E-state index contributed by atoms with van der Waals surface area (Å²) in [6.45, 7) is 1.84. The molecule has 0 saturated carbocycles. The van der Waals surface area contributed by atoms with E-state index in [-0.39, 0.29) is 5.57 Å². The van der Waals surface area contributed by atoms with Gasteiger partial charge in [-0.3, -0.25) is 9.78 Å². The molecular weight excluding hydrogens is 378 g/mol. The normalized spacial score (nSPS) is 11.2. The summed E-state index contributed by atoms with van der Waals surface area (Å²) in [7, 11) is 0. The lowest BCUT2D eigenvalue weighted by Crippen LogP contribution is -2.13. The van der Waals surface area contributed by atoms with Crippen molar-refractivity contribution < 1.29 is 4.79 Å². The van der Waals surface area contributed by atoms with Gasteiger partial charge in [0.2, 0.25) is 0 Å². The van der Waals surface area contributed by atoms with Crippen LogP contribution in [0.25, 0.3) is 28.0 Å². The minimum Gasteiger partial charge on any atom is -0.321 e. The quantitative estimate of drug-likeness (QED) is 0.350. The van der Waals surface area contributed by atoms with Crippen LogP contribution in [0.4, 0.5) is 5.69 Å². The number of aromatic nitrogens is 1. The molecule has 4 nitrogen and oxygen atoms in total. The van der Waals surface area contributed by atoms with Crippen molar-refractivity contribution in [2.24, 2.45) is 0 Å². The number of nitriles is 1. The van der Waals surface area contributed by atoms with Gasteiger partial charge in [-0.1, -0.05) is 42.5 Å². The predicted octanol–water partition coefficient (Wildman–Crippen LogP) is 5.82. The number of fused-ring (bicyclic) bond motifs is 1. The van der Waals surface area contributed by atoms with E-state index < -0.39 is 5.91 Å². The first-order valence-corrected chi connectivity index (χ1v) is 9.94. The highest BCUT2D eigenvalue weighted by atomic mass is 32.1. The van der Waals surface area contributed by atoms with E-state index in [0.717, 1.165) is 21.7 Å². The van der Waals surface area contributed by atoms with Gasteiger partial charge in [0.1, 0.15) is 11.6 Å². The third-order valence-electron chi connectivity index (χ3n) is 4.53. The molecule has 4 aromatic rings. The number of aryl methyl sites for hydroxylation is 1. The first-order chi connectivity index (χ1) is 14.1. The third kappa shape index (κ3) is 4.08. The van der Waals surface area contributed by atoms with Crippen LogP contribution in [0.1, 0.15) is 10.6 Å². The van der Waals surface area contributed by atoms with Crippen LogP contribution in [0.5, 0.6) is 0 Å². The molecular formula is C24H17N3OS. The number of anilines is 1. The summed E-state index contributed by atoms with van der Waals surface area (Å²) in [6, 6.07) is 21.9. The minimum atomic E-state index is -0.432. The second kappa shape index (κ2) is 8.09. The number of benzene rings is 2. The largest absolute Gasteiger partial charge is 0.321 e. The highest BCUT2D eigenvalue weighted by Crippen LogP contribution is 2.32. The van der Waals surface area contributed by atoms with Crippen LogP contribution in [0.15, 0.2) is 77.8 Å². The summed E-state index contributed by atoms with van der Waals surface area (Å²) in [6.07, 6.45) is 3.25. The highest BCUT2D eigenvalue weighted by molar-refractivity contribution is 7.11. The zero-order valence-electron chi connectivity index (χ0n) is 15.7. The molecule has 0 aliphatic rings. The van der Waals surface area contributed by atoms with E-state index in [4.69, 9.17) is 0 Å². The van der Waals surface area contributed by atoms with Crippen LogP contribution in [0.3, 0.4) is 0 Å². The fourth-order valence-corrected chi connectivity index (χ4v) is 4.00. The Morgan fingerprint density at radius 1 is 1.14 bits per heavy atom. The Morgan fingerprint density at radius 3 is 2.79 bits per heavy atom. The van der Waals surface area contributed by atoms with Crippen molar-refractivity contribution in [3.63, 3.8) is 0 Å². The molecule has 0 radical (unpaired) electrons. The van der Waals surface area contributed by atoms with Gasteiger partial charge in [0.05, 0.1) is 0 Å². The number of nitrogens with one attached hydrogen (secondary N) is 1. The molecule has 5 heteroatoms. The maximum atomic E-state index is 12.5. The fraction of sp³-hybridized carbons (Fsp3) is 0.0417. The lowest BCUT2D eigenvalue weighted by molar-refractivity contribution is -0.112. The first-order valence-electron chi connectivity index (χ1n) is 9.06. The summed E-state index contributed by atoms with van der Waals surface area (Å²) in [5.41, 5.74) is 3.68. The van der Waals surface area contributed by atoms with Crippen LogP contribution in [-0.2, 0) is 4.79 Å². The Labute approximate surface area is 172 Å². The summed E-state index contributed by atoms with van der Waals surface area (Å²) in [4.78, 5) is 17.4. The monoisotopic (exact) mass is 395 g/mol. The lowest BCUT2D eigenvalue weighted by Gasteiger charge is -2.04. The number of thiophene rings is 1. The van der Waals surface area contributed by atoms with Gasteiger partial charge in [-0.05, 0) is 58.5 Å². The van der Waals surface area contributed by atoms with Crippen LogP contribution in [0, 0.1) is 18.3 Å². The number of pyridine rings is 1. The molecule has 1 N–H and O–H groups in total. The predicted molar refractivity (Wildman–Crippen MR) is 118 cm³/mol. The van der Waals surface area contributed by atoms with E-state index in [9.17, 15) is 10.1 Å². The van der Waals surface area contributed by atoms with Crippen molar-refractivity contribution in [1.82, 2.24) is 4.98 Å². The van der Waals surface area contributed by atoms with Gasteiger partial charge >= 0.3 is 0 Å². The van der Waals surface area contributed by atoms with Gasteiger partial charge in [0.25, 0.3) is 5.91 Å². The van der Waals surface area contributed by atoms with Crippen molar-refractivity contribution in [3.8, 4) is 17.2 Å². The summed E-state index contributed by atoms with van der Waals surface area (Å²) < 4.78 is 0. The number of amides is 1.